The van der Waals surface area contributed by atoms with E-state index in [0.717, 1.165) is 0 Å². The van der Waals surface area contributed by atoms with Crippen LogP contribution in [0.3, 0.4) is 0 Å². The van der Waals surface area contributed by atoms with Crippen molar-refractivity contribution in [2.75, 3.05) is 12.4 Å². The summed E-state index contributed by atoms with van der Waals surface area (Å²) in [4.78, 5) is 10.4. The van der Waals surface area contributed by atoms with Crippen molar-refractivity contribution in [2.24, 2.45) is 0 Å². The normalized spacial score (nSPS) is 12.8. The summed E-state index contributed by atoms with van der Waals surface area (Å²) in [6, 6.07) is 0. The zero-order valence-electron chi connectivity index (χ0n) is 5.20. The molecule has 1 atom stereocenters. The maximum absolute atomic E-state index is 10.4. The molecule has 0 spiro atoms. The van der Waals surface area contributed by atoms with Gasteiger partial charge in [-0.25, -0.2) is 0 Å². The van der Waals surface area contributed by atoms with Crippen molar-refractivity contribution >= 4 is 18.6 Å². The van der Waals surface area contributed by atoms with Gasteiger partial charge in [0.2, 0.25) is 0 Å². The van der Waals surface area contributed by atoms with Gasteiger partial charge in [-0.1, -0.05) is 0 Å². The molecule has 0 aromatic carbocycles. The topological polar surface area (TPSA) is 46.5 Å². The molecule has 0 rings (SSSR count). The molecule has 0 radical (unpaired) electrons. The molecule has 0 bridgehead atoms. The second-order valence-electron chi connectivity index (χ2n) is 1.64. The zero-order chi connectivity index (χ0) is 7.28. The minimum atomic E-state index is -0.412. The number of rotatable bonds is 3. The number of carbonyl (C=O) groups excluding carboxylic acids is 1. The first-order valence-electron chi connectivity index (χ1n) is 2.62. The number of ether oxygens (including phenoxy) is 1. The molecule has 1 N–H and O–H groups in total. The largest absolute Gasteiger partial charge is 0.460 e. The van der Waals surface area contributed by atoms with Gasteiger partial charge in [-0.2, -0.15) is 12.6 Å². The van der Waals surface area contributed by atoms with E-state index in [-0.39, 0.29) is 12.4 Å². The summed E-state index contributed by atoms with van der Waals surface area (Å²) in [5, 5.41) is 8.38. The average Bonchev–Trinajstić information content (AvgIpc) is 1.87. The lowest BCUT2D eigenvalue weighted by molar-refractivity contribution is -0.146. The smallest absolute Gasteiger partial charge is 0.315 e. The van der Waals surface area contributed by atoms with Crippen molar-refractivity contribution in [3.8, 4) is 0 Å². The van der Waals surface area contributed by atoms with Crippen LogP contribution in [0.1, 0.15) is 6.92 Å². The summed E-state index contributed by atoms with van der Waals surface area (Å²) < 4.78 is 4.58. The van der Waals surface area contributed by atoms with Crippen LogP contribution >= 0.6 is 12.6 Å². The van der Waals surface area contributed by atoms with Crippen molar-refractivity contribution in [1.29, 1.82) is 0 Å². The van der Waals surface area contributed by atoms with Crippen molar-refractivity contribution in [1.82, 2.24) is 0 Å². The molecule has 0 aliphatic carbocycles. The molecule has 0 saturated carbocycles. The zero-order valence-corrected chi connectivity index (χ0v) is 6.10. The molecule has 0 amide bonds. The van der Waals surface area contributed by atoms with Crippen molar-refractivity contribution in [2.45, 2.75) is 13.0 Å². The number of hydrogen-bond acceptors (Lipinski definition) is 4. The fraction of sp³-hybridized carbons (Fsp3) is 0.800. The van der Waals surface area contributed by atoms with Gasteiger partial charge in [-0.15, -0.1) is 0 Å². The first kappa shape index (κ1) is 8.78. The Kier molecular flexibility index (Phi) is 4.53. The Morgan fingerprint density at radius 2 is 2.44 bits per heavy atom. The number of aliphatic hydroxyl groups is 1. The number of hydrogen-bond donors (Lipinski definition) is 2. The Hall–Kier alpha value is -0.220. The molecule has 1 unspecified atom stereocenters. The molecule has 0 aliphatic heterocycles. The highest BCUT2D eigenvalue weighted by atomic mass is 32.1. The monoisotopic (exact) mass is 150 g/mol. The van der Waals surface area contributed by atoms with Crippen molar-refractivity contribution < 1.29 is 14.6 Å². The van der Waals surface area contributed by atoms with E-state index >= 15 is 0 Å². The van der Waals surface area contributed by atoms with Crippen molar-refractivity contribution in [3.63, 3.8) is 0 Å². The lowest BCUT2D eigenvalue weighted by Crippen LogP contribution is -2.18. The summed E-state index contributed by atoms with van der Waals surface area (Å²) in [6.07, 6.45) is -0.412. The Bertz CT molecular complexity index is 94.2. The van der Waals surface area contributed by atoms with Gasteiger partial charge in [0.05, 0.1) is 12.4 Å². The van der Waals surface area contributed by atoms with Crippen LogP contribution in [-0.2, 0) is 9.53 Å². The van der Waals surface area contributed by atoms with E-state index in [4.69, 9.17) is 5.11 Å². The van der Waals surface area contributed by atoms with Gasteiger partial charge < -0.3 is 9.84 Å². The van der Waals surface area contributed by atoms with Gasteiger partial charge in [-0.05, 0) is 6.92 Å². The Balaban J connectivity index is 3.34. The molecule has 0 fully saturated rings. The number of carbonyl (C=O) groups is 1. The molecule has 9 heavy (non-hydrogen) atoms. The number of thiol groups is 1. The first-order valence-corrected chi connectivity index (χ1v) is 3.25. The van der Waals surface area contributed by atoms with E-state index in [2.05, 4.69) is 17.4 Å². The maximum Gasteiger partial charge on any atom is 0.315 e. The van der Waals surface area contributed by atoms with Gasteiger partial charge in [0.15, 0.2) is 0 Å². The van der Waals surface area contributed by atoms with Gasteiger partial charge >= 0.3 is 5.97 Å². The molecule has 0 aromatic rings. The number of aliphatic hydroxyl groups excluding tert-OH is 1. The highest BCUT2D eigenvalue weighted by molar-refractivity contribution is 7.81. The Morgan fingerprint density at radius 1 is 1.89 bits per heavy atom. The van der Waals surface area contributed by atoms with Crippen LogP contribution in [0.5, 0.6) is 0 Å². The highest BCUT2D eigenvalue weighted by Crippen LogP contribution is 1.90. The van der Waals surface area contributed by atoms with E-state index in [0.29, 0.717) is 0 Å². The highest BCUT2D eigenvalue weighted by Gasteiger charge is 2.04. The summed E-state index contributed by atoms with van der Waals surface area (Å²) >= 11 is 3.67. The number of esters is 1. The van der Waals surface area contributed by atoms with Gasteiger partial charge in [0.1, 0.15) is 6.10 Å². The van der Waals surface area contributed by atoms with E-state index in [1.54, 1.807) is 6.92 Å². The second kappa shape index (κ2) is 4.64. The maximum atomic E-state index is 10.4. The molecule has 0 saturated heterocycles. The summed E-state index contributed by atoms with van der Waals surface area (Å²) in [5.74, 6) is -0.343. The average molecular weight is 150 g/mol. The summed E-state index contributed by atoms with van der Waals surface area (Å²) in [6.45, 7) is 1.47. The standard InChI is InChI=1S/C5H10O3S/c1-4(2-6)8-5(7)3-9/h4,6,9H,2-3H2,1H3. The molecular formula is C5H10O3S. The third-order valence-electron chi connectivity index (χ3n) is 0.719. The quantitative estimate of drug-likeness (QED) is 0.434. The van der Waals surface area contributed by atoms with E-state index in [9.17, 15) is 4.79 Å². The molecule has 4 heteroatoms. The van der Waals surface area contributed by atoms with Gasteiger partial charge in [0, 0.05) is 0 Å². The van der Waals surface area contributed by atoms with E-state index in [1.807, 2.05) is 0 Å². The summed E-state index contributed by atoms with van der Waals surface area (Å²) in [7, 11) is 0. The van der Waals surface area contributed by atoms with Crippen LogP contribution < -0.4 is 0 Å². The molecule has 0 heterocycles. The van der Waals surface area contributed by atoms with E-state index < -0.39 is 12.1 Å². The van der Waals surface area contributed by atoms with Gasteiger partial charge in [0.25, 0.3) is 0 Å². The second-order valence-corrected chi connectivity index (χ2v) is 1.96. The van der Waals surface area contributed by atoms with Crippen LogP contribution in [0.4, 0.5) is 0 Å². The fourth-order valence-electron chi connectivity index (χ4n) is 0.299. The van der Waals surface area contributed by atoms with Crippen LogP contribution in [0, 0.1) is 0 Å². The molecule has 0 aromatic heterocycles. The predicted octanol–water partition coefficient (Wildman–Crippen LogP) is -0.160. The third kappa shape index (κ3) is 4.29. The predicted molar refractivity (Wildman–Crippen MR) is 36.5 cm³/mol. The van der Waals surface area contributed by atoms with Crippen LogP contribution in [0.15, 0.2) is 0 Å². The molecule has 54 valence electrons. The lowest BCUT2D eigenvalue weighted by atomic mass is 10.4. The molecule has 0 aliphatic rings. The van der Waals surface area contributed by atoms with Gasteiger partial charge in [-0.3, -0.25) is 4.79 Å². The Morgan fingerprint density at radius 3 is 2.78 bits per heavy atom. The third-order valence-corrected chi connectivity index (χ3v) is 0.977. The lowest BCUT2D eigenvalue weighted by Gasteiger charge is -2.07. The minimum absolute atomic E-state index is 0.0599. The summed E-state index contributed by atoms with van der Waals surface area (Å²) in [5.41, 5.74) is 0. The SMILES string of the molecule is CC(CO)OC(=O)CS. The Labute approximate surface area is 59.4 Å². The minimum Gasteiger partial charge on any atom is -0.460 e. The van der Waals surface area contributed by atoms with Crippen LogP contribution in [0.2, 0.25) is 0 Å². The van der Waals surface area contributed by atoms with Crippen LogP contribution in [-0.4, -0.2) is 29.5 Å². The molecule has 3 nitrogen and oxygen atoms in total. The first-order chi connectivity index (χ1) is 4.20. The van der Waals surface area contributed by atoms with E-state index in [1.165, 1.54) is 0 Å². The fourth-order valence-corrected chi connectivity index (χ4v) is 0.373. The molecular weight excluding hydrogens is 140 g/mol. The van der Waals surface area contributed by atoms with Crippen molar-refractivity contribution in [3.05, 3.63) is 0 Å². The van der Waals surface area contributed by atoms with Crippen LogP contribution in [0.25, 0.3) is 0 Å².